The van der Waals surface area contributed by atoms with E-state index in [2.05, 4.69) is 39.5 Å². The largest absolute Gasteiger partial charge is 0.389 e. The Morgan fingerprint density at radius 3 is 2.18 bits per heavy atom. The summed E-state index contributed by atoms with van der Waals surface area (Å²) in [5, 5.41) is 10.5. The second kappa shape index (κ2) is 7.11. The van der Waals surface area contributed by atoms with Crippen LogP contribution in [0.15, 0.2) is 42.0 Å². The second-order valence-electron chi connectivity index (χ2n) is 7.60. The van der Waals surface area contributed by atoms with Crippen LogP contribution >= 0.6 is 0 Å². The van der Waals surface area contributed by atoms with Gasteiger partial charge in [-0.15, -0.1) is 0 Å². The number of aliphatic hydroxyl groups is 1. The molecule has 2 atom stereocenters. The van der Waals surface area contributed by atoms with Crippen molar-refractivity contribution in [2.24, 2.45) is 0 Å². The summed E-state index contributed by atoms with van der Waals surface area (Å²) in [7, 11) is -2.15. The standard InChI is InChI=1S/C19H32O2Si/c1-8-16(2)19(6,20)22(7,18(3,4)5)15-21-14-17-12-10-9-11-13-17/h8-13,20H,14-15H2,1-7H3/b16-8+/t19-,22+/m1/s1. The Morgan fingerprint density at radius 1 is 1.18 bits per heavy atom. The number of allylic oxidation sites excluding steroid dienone is 1. The van der Waals surface area contributed by atoms with Crippen LogP contribution in [0.25, 0.3) is 0 Å². The van der Waals surface area contributed by atoms with Crippen molar-refractivity contribution in [3.05, 3.63) is 47.5 Å². The van der Waals surface area contributed by atoms with E-state index in [0.29, 0.717) is 12.8 Å². The minimum atomic E-state index is -2.15. The van der Waals surface area contributed by atoms with Gasteiger partial charge in [0, 0.05) is 6.23 Å². The topological polar surface area (TPSA) is 29.5 Å². The summed E-state index contributed by atoms with van der Waals surface area (Å²) in [4.78, 5) is 0. The molecule has 0 aromatic heterocycles. The molecule has 0 amide bonds. The van der Waals surface area contributed by atoms with Crippen molar-refractivity contribution >= 4 is 8.07 Å². The SMILES string of the molecule is C/C=C(\C)[C@](C)(O)[Si@@](C)(COCc1ccccc1)C(C)(C)C. The van der Waals surface area contributed by atoms with E-state index in [9.17, 15) is 5.11 Å². The van der Waals surface area contributed by atoms with E-state index < -0.39 is 13.3 Å². The Hall–Kier alpha value is -0.903. The maximum absolute atomic E-state index is 11.2. The molecule has 0 bridgehead atoms. The number of benzene rings is 1. The highest BCUT2D eigenvalue weighted by Crippen LogP contribution is 2.45. The molecule has 2 nitrogen and oxygen atoms in total. The molecule has 22 heavy (non-hydrogen) atoms. The summed E-state index contributed by atoms with van der Waals surface area (Å²) in [6.07, 6.45) is 2.66. The van der Waals surface area contributed by atoms with Crippen LogP contribution in [0.4, 0.5) is 0 Å². The fourth-order valence-electron chi connectivity index (χ4n) is 2.75. The second-order valence-corrected chi connectivity index (χ2v) is 13.0. The number of rotatable bonds is 6. The molecule has 1 aromatic carbocycles. The van der Waals surface area contributed by atoms with Gasteiger partial charge in [0.05, 0.1) is 11.8 Å². The normalized spacial score (nSPS) is 18.6. The molecule has 0 saturated heterocycles. The van der Waals surface area contributed by atoms with E-state index in [4.69, 9.17) is 4.74 Å². The first-order chi connectivity index (χ1) is 10.1. The smallest absolute Gasteiger partial charge is 0.127 e. The fraction of sp³-hybridized carbons (Fsp3) is 0.579. The molecule has 1 rings (SSSR count). The fourth-order valence-corrected chi connectivity index (χ4v) is 6.45. The molecule has 0 aliphatic rings. The van der Waals surface area contributed by atoms with Crippen LogP contribution in [0.2, 0.25) is 11.6 Å². The van der Waals surface area contributed by atoms with Crippen LogP contribution < -0.4 is 0 Å². The van der Waals surface area contributed by atoms with Crippen molar-refractivity contribution in [3.63, 3.8) is 0 Å². The third kappa shape index (κ3) is 3.89. The van der Waals surface area contributed by atoms with E-state index in [-0.39, 0.29) is 5.04 Å². The van der Waals surface area contributed by atoms with Crippen LogP contribution in [0, 0.1) is 0 Å². The summed E-state index contributed by atoms with van der Waals surface area (Å²) >= 11 is 0. The van der Waals surface area contributed by atoms with Crippen LogP contribution in [-0.2, 0) is 11.3 Å². The molecule has 0 fully saturated rings. The van der Waals surface area contributed by atoms with Crippen molar-refractivity contribution < 1.29 is 9.84 Å². The highest BCUT2D eigenvalue weighted by atomic mass is 28.3. The van der Waals surface area contributed by atoms with Crippen molar-refractivity contribution in [1.82, 2.24) is 0 Å². The van der Waals surface area contributed by atoms with Gasteiger partial charge in [0.15, 0.2) is 0 Å². The highest BCUT2D eigenvalue weighted by Gasteiger charge is 2.54. The monoisotopic (exact) mass is 320 g/mol. The summed E-state index contributed by atoms with van der Waals surface area (Å²) in [5.41, 5.74) is 2.22. The molecule has 124 valence electrons. The molecule has 0 saturated carbocycles. The summed E-state index contributed by atoms with van der Waals surface area (Å²) in [6.45, 7) is 15.5. The van der Waals surface area contributed by atoms with Gasteiger partial charge in [-0.3, -0.25) is 0 Å². The Balaban J connectivity index is 2.94. The summed E-state index contributed by atoms with van der Waals surface area (Å²) in [5.74, 6) is 0. The molecule has 0 aliphatic heterocycles. The first-order valence-electron chi connectivity index (χ1n) is 8.03. The van der Waals surface area contributed by atoms with Gasteiger partial charge in [0.2, 0.25) is 0 Å². The Kier molecular flexibility index (Phi) is 6.19. The lowest BCUT2D eigenvalue weighted by Gasteiger charge is -2.50. The van der Waals surface area contributed by atoms with Gasteiger partial charge in [0.1, 0.15) is 8.07 Å². The van der Waals surface area contributed by atoms with Gasteiger partial charge in [0.25, 0.3) is 0 Å². The molecule has 0 spiro atoms. The predicted octanol–water partition coefficient (Wildman–Crippen LogP) is 4.88. The zero-order chi connectivity index (χ0) is 17.0. The van der Waals surface area contributed by atoms with E-state index in [0.717, 1.165) is 5.57 Å². The summed E-state index contributed by atoms with van der Waals surface area (Å²) in [6, 6.07) is 10.2. The zero-order valence-corrected chi connectivity index (χ0v) is 16.2. The lowest BCUT2D eigenvalue weighted by molar-refractivity contribution is 0.123. The van der Waals surface area contributed by atoms with Gasteiger partial charge >= 0.3 is 0 Å². The van der Waals surface area contributed by atoms with Crippen LogP contribution in [0.1, 0.15) is 47.1 Å². The first kappa shape index (κ1) is 19.1. The molecular weight excluding hydrogens is 288 g/mol. The molecule has 0 heterocycles. The van der Waals surface area contributed by atoms with Crippen LogP contribution in [-0.4, -0.2) is 24.6 Å². The van der Waals surface area contributed by atoms with Gasteiger partial charge in [-0.2, -0.15) is 0 Å². The van der Waals surface area contributed by atoms with E-state index in [1.165, 1.54) is 5.56 Å². The van der Waals surface area contributed by atoms with Gasteiger partial charge in [-0.1, -0.05) is 63.7 Å². The van der Waals surface area contributed by atoms with Crippen molar-refractivity contribution in [2.45, 2.75) is 65.0 Å². The van der Waals surface area contributed by atoms with Gasteiger partial charge < -0.3 is 9.84 Å². The lowest BCUT2D eigenvalue weighted by Crippen LogP contribution is -2.64. The lowest BCUT2D eigenvalue weighted by atomic mass is 10.2. The van der Waals surface area contributed by atoms with Gasteiger partial charge in [-0.05, 0) is 36.9 Å². The minimum Gasteiger partial charge on any atom is -0.389 e. The molecule has 0 aliphatic carbocycles. The van der Waals surface area contributed by atoms with Crippen molar-refractivity contribution in [2.75, 3.05) is 6.23 Å². The quantitative estimate of drug-likeness (QED) is 0.598. The van der Waals surface area contributed by atoms with Crippen LogP contribution in [0.3, 0.4) is 0 Å². The average Bonchev–Trinajstić information content (AvgIpc) is 2.45. The summed E-state index contributed by atoms with van der Waals surface area (Å²) < 4.78 is 6.07. The molecule has 1 N–H and O–H groups in total. The predicted molar refractivity (Wildman–Crippen MR) is 97.5 cm³/mol. The molecule has 0 radical (unpaired) electrons. The minimum absolute atomic E-state index is 0.0391. The number of hydrogen-bond donors (Lipinski definition) is 1. The van der Waals surface area contributed by atoms with Crippen LogP contribution in [0.5, 0.6) is 0 Å². The van der Waals surface area contributed by atoms with Crippen molar-refractivity contribution in [3.8, 4) is 0 Å². The van der Waals surface area contributed by atoms with E-state index in [1.54, 1.807) is 0 Å². The van der Waals surface area contributed by atoms with Crippen molar-refractivity contribution in [1.29, 1.82) is 0 Å². The van der Waals surface area contributed by atoms with E-state index in [1.807, 2.05) is 45.0 Å². The van der Waals surface area contributed by atoms with E-state index >= 15 is 0 Å². The highest BCUT2D eigenvalue weighted by molar-refractivity contribution is 6.84. The molecular formula is C19H32O2Si. The maximum Gasteiger partial charge on any atom is 0.127 e. The molecule has 3 heteroatoms. The van der Waals surface area contributed by atoms with Gasteiger partial charge in [-0.25, -0.2) is 0 Å². The molecule has 0 unspecified atom stereocenters. The third-order valence-electron chi connectivity index (χ3n) is 5.43. The average molecular weight is 321 g/mol. The number of hydrogen-bond acceptors (Lipinski definition) is 2. The Labute approximate surface area is 137 Å². The Morgan fingerprint density at radius 2 is 1.73 bits per heavy atom. The first-order valence-corrected chi connectivity index (χ1v) is 10.7. The zero-order valence-electron chi connectivity index (χ0n) is 15.2. The maximum atomic E-state index is 11.2. The number of ether oxygens (including phenoxy) is 1. The Bertz CT molecular complexity index is 500. The third-order valence-corrected chi connectivity index (χ3v) is 12.1. The molecule has 1 aromatic rings.